The van der Waals surface area contributed by atoms with E-state index in [0.717, 1.165) is 0 Å². The second-order valence-corrected chi connectivity index (χ2v) is 1.98. The summed E-state index contributed by atoms with van der Waals surface area (Å²) < 4.78 is 4.56. The maximum atomic E-state index is 10.7. The second-order valence-electron chi connectivity index (χ2n) is 1.98. The van der Waals surface area contributed by atoms with Crippen molar-refractivity contribution < 1.29 is 19.4 Å². The molecule has 0 aliphatic rings. The normalized spacial score (nSPS) is 8.08. The molecule has 0 radical (unpaired) electrons. The molecule has 0 aromatic rings. The highest BCUT2D eigenvalue weighted by atomic mass is 16.5. The van der Waals surface area contributed by atoms with Gasteiger partial charge >= 0.3 is 11.9 Å². The van der Waals surface area contributed by atoms with Crippen LogP contribution < -0.4 is 0 Å². The van der Waals surface area contributed by atoms with Crippen molar-refractivity contribution in [3.05, 3.63) is 0 Å². The molecule has 0 atom stereocenters. The predicted octanol–water partition coefficient (Wildman–Crippen LogP) is 0.418. The second kappa shape index (κ2) is 6.23. The fraction of sp³-hybridized carbons (Fsp3) is 0.500. The molecule has 0 aliphatic carbocycles. The van der Waals surface area contributed by atoms with Gasteiger partial charge in [-0.1, -0.05) is 5.92 Å². The topological polar surface area (TPSA) is 63.6 Å². The van der Waals surface area contributed by atoms with Crippen molar-refractivity contribution in [3.8, 4) is 11.8 Å². The van der Waals surface area contributed by atoms with Gasteiger partial charge in [-0.05, 0) is 6.92 Å². The van der Waals surface area contributed by atoms with Gasteiger partial charge in [-0.3, -0.25) is 9.59 Å². The minimum Gasteiger partial charge on any atom is -0.481 e. The Morgan fingerprint density at radius 3 is 2.58 bits per heavy atom. The molecule has 0 aromatic heterocycles. The number of ether oxygens (including phenoxy) is 1. The standard InChI is InChI=1S/C8H10O4/c1-2-3-6-12-8(11)5-4-7(9)10/h4-6H2,1H3,(H,9,10). The number of hydrogen-bond donors (Lipinski definition) is 1. The van der Waals surface area contributed by atoms with E-state index in [2.05, 4.69) is 16.6 Å². The monoisotopic (exact) mass is 170 g/mol. The van der Waals surface area contributed by atoms with Crippen molar-refractivity contribution >= 4 is 11.9 Å². The number of hydrogen-bond acceptors (Lipinski definition) is 3. The molecule has 0 unspecified atom stereocenters. The third-order valence-corrected chi connectivity index (χ3v) is 1.03. The first-order valence-electron chi connectivity index (χ1n) is 3.44. The number of carboxylic acids is 1. The third-order valence-electron chi connectivity index (χ3n) is 1.03. The van der Waals surface area contributed by atoms with Crippen LogP contribution >= 0.6 is 0 Å². The molecule has 0 saturated carbocycles. The van der Waals surface area contributed by atoms with Crippen LogP contribution in [-0.2, 0) is 14.3 Å². The average molecular weight is 170 g/mol. The minimum absolute atomic E-state index is 0.0367. The zero-order valence-electron chi connectivity index (χ0n) is 6.79. The molecule has 66 valence electrons. The molecule has 4 nitrogen and oxygen atoms in total. The predicted molar refractivity (Wildman–Crippen MR) is 41.3 cm³/mol. The largest absolute Gasteiger partial charge is 0.481 e. The molecule has 0 amide bonds. The zero-order valence-corrected chi connectivity index (χ0v) is 6.79. The number of esters is 1. The molecular formula is C8H10O4. The van der Waals surface area contributed by atoms with E-state index in [4.69, 9.17) is 5.11 Å². The highest BCUT2D eigenvalue weighted by Gasteiger charge is 2.04. The summed E-state index contributed by atoms with van der Waals surface area (Å²) in [6.45, 7) is 1.67. The van der Waals surface area contributed by atoms with Crippen LogP contribution in [0.25, 0.3) is 0 Å². The summed E-state index contributed by atoms with van der Waals surface area (Å²) in [5, 5.41) is 8.20. The molecule has 0 rings (SSSR count). The van der Waals surface area contributed by atoms with E-state index in [0.29, 0.717) is 0 Å². The molecule has 0 fully saturated rings. The molecule has 0 saturated heterocycles. The molecule has 4 heteroatoms. The summed E-state index contributed by atoms with van der Waals surface area (Å²) in [4.78, 5) is 20.7. The lowest BCUT2D eigenvalue weighted by atomic mass is 10.3. The van der Waals surface area contributed by atoms with Gasteiger partial charge in [0.15, 0.2) is 6.61 Å². The fourth-order valence-corrected chi connectivity index (χ4v) is 0.470. The van der Waals surface area contributed by atoms with Crippen LogP contribution in [0.3, 0.4) is 0 Å². The van der Waals surface area contributed by atoms with Crippen LogP contribution in [0.2, 0.25) is 0 Å². The Morgan fingerprint density at radius 1 is 1.42 bits per heavy atom. The summed E-state index contributed by atoms with van der Waals surface area (Å²) in [5.74, 6) is 3.54. The molecule has 0 aliphatic heterocycles. The van der Waals surface area contributed by atoms with Gasteiger partial charge in [0.05, 0.1) is 12.8 Å². The molecule has 0 heterocycles. The number of carbonyl (C=O) groups is 2. The molecular weight excluding hydrogens is 160 g/mol. The van der Waals surface area contributed by atoms with E-state index in [-0.39, 0.29) is 19.4 Å². The molecule has 1 N–H and O–H groups in total. The summed E-state index contributed by atoms with van der Waals surface area (Å²) in [6.07, 6.45) is -0.293. The number of carbonyl (C=O) groups excluding carboxylic acids is 1. The Balaban J connectivity index is 3.44. The van der Waals surface area contributed by atoms with Gasteiger partial charge in [-0.2, -0.15) is 0 Å². The van der Waals surface area contributed by atoms with Crippen molar-refractivity contribution in [2.75, 3.05) is 6.61 Å². The van der Waals surface area contributed by atoms with Crippen LogP contribution in [0.1, 0.15) is 19.8 Å². The van der Waals surface area contributed by atoms with Gasteiger partial charge < -0.3 is 9.84 Å². The summed E-state index contributed by atoms with van der Waals surface area (Å²) in [5.41, 5.74) is 0. The van der Waals surface area contributed by atoms with E-state index < -0.39 is 11.9 Å². The van der Waals surface area contributed by atoms with Gasteiger partial charge in [0.25, 0.3) is 0 Å². The lowest BCUT2D eigenvalue weighted by molar-refractivity contribution is -0.146. The van der Waals surface area contributed by atoms with Crippen molar-refractivity contribution in [2.24, 2.45) is 0 Å². The van der Waals surface area contributed by atoms with E-state index >= 15 is 0 Å². The fourth-order valence-electron chi connectivity index (χ4n) is 0.470. The van der Waals surface area contributed by atoms with E-state index in [1.54, 1.807) is 6.92 Å². The minimum atomic E-state index is -1.01. The van der Waals surface area contributed by atoms with Crippen LogP contribution in [0, 0.1) is 11.8 Å². The average Bonchev–Trinajstić information content (AvgIpc) is 2.01. The molecule has 0 spiro atoms. The van der Waals surface area contributed by atoms with Gasteiger partial charge in [-0.25, -0.2) is 0 Å². The molecule has 0 bridgehead atoms. The Kier molecular flexibility index (Phi) is 5.45. The maximum Gasteiger partial charge on any atom is 0.307 e. The van der Waals surface area contributed by atoms with Crippen LogP contribution in [-0.4, -0.2) is 23.7 Å². The first-order valence-corrected chi connectivity index (χ1v) is 3.44. The third kappa shape index (κ3) is 6.62. The highest BCUT2D eigenvalue weighted by molar-refractivity contribution is 5.76. The van der Waals surface area contributed by atoms with Crippen molar-refractivity contribution in [1.29, 1.82) is 0 Å². The number of aliphatic carboxylic acids is 1. The summed E-state index contributed by atoms with van der Waals surface area (Å²) in [7, 11) is 0. The Morgan fingerprint density at radius 2 is 2.08 bits per heavy atom. The maximum absolute atomic E-state index is 10.7. The van der Waals surface area contributed by atoms with E-state index in [9.17, 15) is 9.59 Å². The van der Waals surface area contributed by atoms with Gasteiger partial charge in [0, 0.05) is 0 Å². The Hall–Kier alpha value is -1.50. The molecule has 12 heavy (non-hydrogen) atoms. The quantitative estimate of drug-likeness (QED) is 0.490. The zero-order chi connectivity index (χ0) is 9.40. The lowest BCUT2D eigenvalue weighted by Gasteiger charge is -1.97. The number of carboxylic acid groups (broad SMARTS) is 1. The number of rotatable bonds is 4. The van der Waals surface area contributed by atoms with Gasteiger partial charge in [0.2, 0.25) is 0 Å². The van der Waals surface area contributed by atoms with E-state index in [1.165, 1.54) is 0 Å². The van der Waals surface area contributed by atoms with Crippen LogP contribution in [0.5, 0.6) is 0 Å². The first-order chi connectivity index (χ1) is 5.66. The summed E-state index contributed by atoms with van der Waals surface area (Å²) >= 11 is 0. The Labute approximate surface area is 70.5 Å². The summed E-state index contributed by atoms with van der Waals surface area (Å²) in [6, 6.07) is 0. The van der Waals surface area contributed by atoms with Crippen LogP contribution in [0.15, 0.2) is 0 Å². The Bertz CT molecular complexity index is 221. The van der Waals surface area contributed by atoms with Crippen molar-refractivity contribution in [1.82, 2.24) is 0 Å². The van der Waals surface area contributed by atoms with Crippen molar-refractivity contribution in [3.63, 3.8) is 0 Å². The smallest absolute Gasteiger partial charge is 0.307 e. The first kappa shape index (κ1) is 10.5. The van der Waals surface area contributed by atoms with Crippen molar-refractivity contribution in [2.45, 2.75) is 19.8 Å². The lowest BCUT2D eigenvalue weighted by Crippen LogP contribution is -2.07. The van der Waals surface area contributed by atoms with E-state index in [1.807, 2.05) is 0 Å². The SMILES string of the molecule is CC#CCOC(=O)CCC(=O)O. The van der Waals surface area contributed by atoms with Crippen LogP contribution in [0.4, 0.5) is 0 Å². The van der Waals surface area contributed by atoms with Gasteiger partial charge in [-0.15, -0.1) is 5.92 Å². The van der Waals surface area contributed by atoms with Gasteiger partial charge in [0.1, 0.15) is 0 Å². The molecule has 0 aromatic carbocycles. The highest BCUT2D eigenvalue weighted by Crippen LogP contribution is 1.91.